The van der Waals surface area contributed by atoms with E-state index < -0.39 is 0 Å². The van der Waals surface area contributed by atoms with Gasteiger partial charge < -0.3 is 19.6 Å². The van der Waals surface area contributed by atoms with Crippen molar-refractivity contribution in [1.82, 2.24) is 14.7 Å². The standard InChI is InChI=1S/C23H32N4O3/c1-17-7-6-8-20(18(17)2)27-16-19(15-21(27)28)22(29)24-11-13-26(14-12-24)23(30)25-9-4-3-5-10-25/h6-8,19H,3-5,9-16H2,1-2H3. The summed E-state index contributed by atoms with van der Waals surface area (Å²) >= 11 is 0. The first kappa shape index (κ1) is 20.7. The van der Waals surface area contributed by atoms with Gasteiger partial charge in [-0.15, -0.1) is 0 Å². The van der Waals surface area contributed by atoms with Crippen molar-refractivity contribution in [1.29, 1.82) is 0 Å². The number of hydrogen-bond donors (Lipinski definition) is 0. The zero-order valence-electron chi connectivity index (χ0n) is 18.1. The monoisotopic (exact) mass is 412 g/mol. The number of carbonyl (C=O) groups excluding carboxylic acids is 3. The van der Waals surface area contributed by atoms with E-state index in [4.69, 9.17) is 0 Å². The first-order valence-electron chi connectivity index (χ1n) is 11.1. The number of aryl methyl sites for hydroxylation is 1. The highest BCUT2D eigenvalue weighted by molar-refractivity contribution is 6.01. The zero-order chi connectivity index (χ0) is 21.3. The second-order valence-corrected chi connectivity index (χ2v) is 8.77. The molecule has 4 amide bonds. The lowest BCUT2D eigenvalue weighted by atomic mass is 10.1. The molecule has 7 heteroatoms. The Balaban J connectivity index is 1.34. The maximum atomic E-state index is 13.1. The molecule has 3 heterocycles. The number of piperidine rings is 1. The normalized spacial score (nSPS) is 22.6. The lowest BCUT2D eigenvalue weighted by Crippen LogP contribution is -2.55. The van der Waals surface area contributed by atoms with Crippen LogP contribution < -0.4 is 4.90 Å². The van der Waals surface area contributed by atoms with Crippen LogP contribution in [-0.2, 0) is 9.59 Å². The van der Waals surface area contributed by atoms with E-state index >= 15 is 0 Å². The third kappa shape index (κ3) is 4.02. The number of piperazine rings is 1. The highest BCUT2D eigenvalue weighted by atomic mass is 16.2. The number of urea groups is 1. The summed E-state index contributed by atoms with van der Waals surface area (Å²) in [5.41, 5.74) is 3.14. The van der Waals surface area contributed by atoms with E-state index in [1.165, 1.54) is 6.42 Å². The van der Waals surface area contributed by atoms with E-state index in [-0.39, 0.29) is 30.2 Å². The van der Waals surface area contributed by atoms with Gasteiger partial charge in [-0.2, -0.15) is 0 Å². The molecule has 3 fully saturated rings. The van der Waals surface area contributed by atoms with Crippen molar-refractivity contribution < 1.29 is 14.4 Å². The second kappa shape index (κ2) is 8.66. The van der Waals surface area contributed by atoms with Crippen LogP contribution >= 0.6 is 0 Å². The average Bonchev–Trinajstić information content (AvgIpc) is 3.16. The van der Waals surface area contributed by atoms with Gasteiger partial charge in [0, 0.05) is 57.9 Å². The third-order valence-corrected chi connectivity index (χ3v) is 6.83. The number of amides is 4. The minimum atomic E-state index is -0.304. The molecule has 1 atom stereocenters. The van der Waals surface area contributed by atoms with Gasteiger partial charge in [-0.25, -0.2) is 4.79 Å². The highest BCUT2D eigenvalue weighted by Crippen LogP contribution is 2.30. The van der Waals surface area contributed by atoms with Crippen molar-refractivity contribution in [3.05, 3.63) is 29.3 Å². The van der Waals surface area contributed by atoms with Gasteiger partial charge in [-0.3, -0.25) is 9.59 Å². The summed E-state index contributed by atoms with van der Waals surface area (Å²) in [7, 11) is 0. The maximum Gasteiger partial charge on any atom is 0.320 e. The van der Waals surface area contributed by atoms with Crippen LogP contribution in [-0.4, -0.2) is 78.4 Å². The Morgan fingerprint density at radius 1 is 0.867 bits per heavy atom. The van der Waals surface area contributed by atoms with Crippen molar-refractivity contribution in [2.75, 3.05) is 50.7 Å². The van der Waals surface area contributed by atoms with Crippen LogP contribution in [0.15, 0.2) is 18.2 Å². The van der Waals surface area contributed by atoms with E-state index in [2.05, 4.69) is 0 Å². The molecular formula is C23H32N4O3. The van der Waals surface area contributed by atoms with E-state index in [0.29, 0.717) is 32.7 Å². The molecule has 0 radical (unpaired) electrons. The Morgan fingerprint density at radius 2 is 1.50 bits per heavy atom. The molecular weight excluding hydrogens is 380 g/mol. The number of likely N-dealkylation sites (tertiary alicyclic amines) is 1. The van der Waals surface area contributed by atoms with Crippen LogP contribution in [0.2, 0.25) is 0 Å². The number of carbonyl (C=O) groups is 3. The number of nitrogens with zero attached hydrogens (tertiary/aromatic N) is 4. The van der Waals surface area contributed by atoms with Gasteiger partial charge in [-0.1, -0.05) is 12.1 Å². The first-order valence-corrected chi connectivity index (χ1v) is 11.1. The van der Waals surface area contributed by atoms with Crippen LogP contribution in [0, 0.1) is 19.8 Å². The molecule has 0 aliphatic carbocycles. The summed E-state index contributed by atoms with van der Waals surface area (Å²) in [5, 5.41) is 0. The molecule has 0 N–H and O–H groups in total. The quantitative estimate of drug-likeness (QED) is 0.749. The summed E-state index contributed by atoms with van der Waals surface area (Å²) < 4.78 is 0. The fourth-order valence-corrected chi connectivity index (χ4v) is 4.80. The maximum absolute atomic E-state index is 13.1. The molecule has 0 spiro atoms. The van der Waals surface area contributed by atoms with Crippen LogP contribution in [0.4, 0.5) is 10.5 Å². The van der Waals surface area contributed by atoms with Crippen LogP contribution in [0.1, 0.15) is 36.8 Å². The number of anilines is 1. The van der Waals surface area contributed by atoms with Crippen molar-refractivity contribution in [2.45, 2.75) is 39.5 Å². The van der Waals surface area contributed by atoms with Gasteiger partial charge in [0.05, 0.1) is 5.92 Å². The minimum Gasteiger partial charge on any atom is -0.339 e. The zero-order valence-corrected chi connectivity index (χ0v) is 18.1. The first-order chi connectivity index (χ1) is 14.5. The van der Waals surface area contributed by atoms with E-state index in [9.17, 15) is 14.4 Å². The number of benzene rings is 1. The topological polar surface area (TPSA) is 64.2 Å². The minimum absolute atomic E-state index is 0.0148. The Bertz CT molecular complexity index is 826. The Labute approximate surface area is 178 Å². The molecule has 0 bridgehead atoms. The smallest absolute Gasteiger partial charge is 0.320 e. The molecule has 3 aliphatic heterocycles. The third-order valence-electron chi connectivity index (χ3n) is 6.83. The SMILES string of the molecule is Cc1cccc(N2CC(C(=O)N3CCN(C(=O)N4CCCCC4)CC3)CC2=O)c1C. The van der Waals surface area contributed by atoms with E-state index in [1.807, 2.05) is 46.7 Å². The highest BCUT2D eigenvalue weighted by Gasteiger charge is 2.39. The summed E-state index contributed by atoms with van der Waals surface area (Å²) in [6, 6.07) is 6.06. The lowest BCUT2D eigenvalue weighted by molar-refractivity contribution is -0.137. The predicted octanol–water partition coefficient (Wildman–Crippen LogP) is 2.41. The predicted molar refractivity (Wildman–Crippen MR) is 115 cm³/mol. The fourth-order valence-electron chi connectivity index (χ4n) is 4.80. The van der Waals surface area contributed by atoms with Crippen LogP contribution in [0.3, 0.4) is 0 Å². The van der Waals surface area contributed by atoms with Crippen molar-refractivity contribution >= 4 is 23.5 Å². The Morgan fingerprint density at radius 3 is 2.20 bits per heavy atom. The van der Waals surface area contributed by atoms with Gasteiger partial charge in [0.2, 0.25) is 11.8 Å². The van der Waals surface area contributed by atoms with E-state index in [0.717, 1.165) is 42.7 Å². The molecule has 1 unspecified atom stereocenters. The van der Waals surface area contributed by atoms with Gasteiger partial charge in [0.15, 0.2) is 0 Å². The molecule has 1 aromatic rings. The summed E-state index contributed by atoms with van der Waals surface area (Å²) in [4.78, 5) is 45.8. The van der Waals surface area contributed by atoms with Gasteiger partial charge >= 0.3 is 6.03 Å². The van der Waals surface area contributed by atoms with Crippen molar-refractivity contribution in [3.63, 3.8) is 0 Å². The number of hydrogen-bond acceptors (Lipinski definition) is 3. The summed E-state index contributed by atoms with van der Waals surface area (Å²) in [6.45, 7) is 8.42. The number of rotatable bonds is 2. The van der Waals surface area contributed by atoms with Gasteiger partial charge in [0.25, 0.3) is 0 Å². The van der Waals surface area contributed by atoms with Gasteiger partial charge in [-0.05, 0) is 50.3 Å². The molecule has 162 valence electrons. The molecule has 0 saturated carbocycles. The summed E-state index contributed by atoms with van der Waals surface area (Å²) in [6.07, 6.45) is 3.62. The lowest BCUT2D eigenvalue weighted by Gasteiger charge is -2.39. The molecule has 1 aromatic carbocycles. The van der Waals surface area contributed by atoms with Crippen molar-refractivity contribution in [3.8, 4) is 0 Å². The molecule has 4 rings (SSSR count). The molecule has 30 heavy (non-hydrogen) atoms. The van der Waals surface area contributed by atoms with Crippen LogP contribution in [0.5, 0.6) is 0 Å². The Kier molecular flexibility index (Phi) is 5.97. The van der Waals surface area contributed by atoms with Crippen LogP contribution in [0.25, 0.3) is 0 Å². The largest absolute Gasteiger partial charge is 0.339 e. The van der Waals surface area contributed by atoms with E-state index in [1.54, 1.807) is 4.90 Å². The molecule has 7 nitrogen and oxygen atoms in total. The molecule has 0 aromatic heterocycles. The Hall–Kier alpha value is -2.57. The summed E-state index contributed by atoms with van der Waals surface area (Å²) in [5.74, 6) is -0.246. The molecule has 3 aliphatic rings. The fraction of sp³-hybridized carbons (Fsp3) is 0.609. The molecule has 3 saturated heterocycles. The second-order valence-electron chi connectivity index (χ2n) is 8.77. The van der Waals surface area contributed by atoms with Gasteiger partial charge in [0.1, 0.15) is 0 Å². The van der Waals surface area contributed by atoms with Crippen molar-refractivity contribution in [2.24, 2.45) is 5.92 Å². The average molecular weight is 413 g/mol.